The van der Waals surface area contributed by atoms with Crippen molar-refractivity contribution in [3.05, 3.63) is 54.2 Å². The summed E-state index contributed by atoms with van der Waals surface area (Å²) in [6.45, 7) is -1.52. The lowest BCUT2D eigenvalue weighted by Crippen LogP contribution is -2.21. The van der Waals surface area contributed by atoms with Crippen LogP contribution >= 0.6 is 0 Å². The molecule has 1 fully saturated rings. The number of aromatic nitrogens is 1. The third-order valence-corrected chi connectivity index (χ3v) is 6.47. The largest absolute Gasteiger partial charge is 0.404 e. The molecule has 1 aromatic heterocycles. The predicted octanol–water partition coefficient (Wildman–Crippen LogP) is 3.74. The van der Waals surface area contributed by atoms with Crippen molar-refractivity contribution in [1.29, 1.82) is 0 Å². The molecular weight excluding hydrogens is 434 g/mol. The van der Waals surface area contributed by atoms with Crippen LogP contribution in [-0.2, 0) is 10.8 Å². The lowest BCUT2D eigenvalue weighted by molar-refractivity contribution is 0.161. The minimum atomic E-state index is -2.80. The van der Waals surface area contributed by atoms with Crippen molar-refractivity contribution in [2.45, 2.75) is 24.0 Å². The van der Waals surface area contributed by atoms with E-state index in [-0.39, 0.29) is 6.10 Å². The van der Waals surface area contributed by atoms with E-state index in [4.69, 9.17) is 5.73 Å². The molecule has 0 bridgehead atoms. The first-order valence-electron chi connectivity index (χ1n) is 10.1. The summed E-state index contributed by atoms with van der Waals surface area (Å²) in [4.78, 5) is 9.34. The third kappa shape index (κ3) is 4.58. The Labute approximate surface area is 186 Å². The number of allylic oxidation sites excluding steroid dienone is 1. The molecular formula is C23H24F2N4O2S. The van der Waals surface area contributed by atoms with Crippen molar-refractivity contribution in [1.82, 2.24) is 4.98 Å². The fourth-order valence-electron chi connectivity index (χ4n) is 3.95. The normalized spacial score (nSPS) is 18.3. The number of benzene rings is 2. The fraction of sp³-hybridized carbons (Fsp3) is 0.261. The highest BCUT2D eigenvalue weighted by Gasteiger charge is 2.24. The van der Waals surface area contributed by atoms with Crippen LogP contribution in [0.2, 0.25) is 0 Å². The number of halogens is 2. The number of aromatic amines is 1. The van der Waals surface area contributed by atoms with Gasteiger partial charge in [-0.1, -0.05) is 12.1 Å². The number of β-amino-alcohol motifs (C(OH)–C–C–N with tert-alkyl or cyclic N) is 1. The van der Waals surface area contributed by atoms with Crippen LogP contribution in [0.25, 0.3) is 27.7 Å². The molecule has 2 heterocycles. The van der Waals surface area contributed by atoms with Crippen molar-refractivity contribution >= 4 is 39.2 Å². The third-order valence-electron chi connectivity index (χ3n) is 5.56. The average molecular weight is 459 g/mol. The van der Waals surface area contributed by atoms with E-state index in [1.54, 1.807) is 12.3 Å². The Morgan fingerprint density at radius 2 is 2.12 bits per heavy atom. The van der Waals surface area contributed by atoms with Crippen LogP contribution in [0.1, 0.15) is 12.0 Å². The Morgan fingerprint density at radius 1 is 1.31 bits per heavy atom. The van der Waals surface area contributed by atoms with E-state index >= 15 is 0 Å². The van der Waals surface area contributed by atoms with Gasteiger partial charge in [-0.05, 0) is 42.3 Å². The molecule has 2 unspecified atom stereocenters. The summed E-state index contributed by atoms with van der Waals surface area (Å²) in [6, 6.07) is 13.2. The molecule has 0 radical (unpaired) electrons. The van der Waals surface area contributed by atoms with Crippen LogP contribution in [0.4, 0.5) is 14.5 Å². The van der Waals surface area contributed by atoms with Crippen LogP contribution in [0.15, 0.2) is 58.6 Å². The second-order valence-corrected chi connectivity index (χ2v) is 9.06. The first kappa shape index (κ1) is 22.2. The molecule has 1 aliphatic heterocycles. The van der Waals surface area contributed by atoms with Gasteiger partial charge < -0.3 is 20.7 Å². The molecule has 9 heteroatoms. The highest BCUT2D eigenvalue weighted by Crippen LogP contribution is 2.36. The zero-order chi connectivity index (χ0) is 22.8. The SMILES string of the molecule is CS(=O)c1ccc(N2CCC(O)C2)c(-c2cc3ccc(C(=C/N)/C=N/C(F)F)cc3[nH]2)c1. The number of nitrogens with one attached hydrogen (secondary N) is 1. The number of aliphatic hydroxyl groups is 1. The first-order valence-corrected chi connectivity index (χ1v) is 11.7. The topological polar surface area (TPSA) is 94.7 Å². The van der Waals surface area contributed by atoms with E-state index < -0.39 is 17.3 Å². The number of aliphatic hydroxyl groups excluding tert-OH is 1. The molecule has 4 rings (SSSR count). The Morgan fingerprint density at radius 3 is 2.78 bits per heavy atom. The Bertz CT molecular complexity index is 1220. The van der Waals surface area contributed by atoms with Crippen molar-refractivity contribution < 1.29 is 18.1 Å². The molecule has 3 aromatic rings. The summed E-state index contributed by atoms with van der Waals surface area (Å²) in [5, 5.41) is 10.9. The van der Waals surface area contributed by atoms with Crippen LogP contribution in [0.3, 0.4) is 0 Å². The number of H-pyrrole nitrogens is 1. The number of hydrogen-bond acceptors (Lipinski definition) is 5. The number of hydrogen-bond donors (Lipinski definition) is 3. The van der Waals surface area contributed by atoms with Gasteiger partial charge in [-0.2, -0.15) is 8.78 Å². The van der Waals surface area contributed by atoms with Crippen molar-refractivity contribution in [3.63, 3.8) is 0 Å². The molecule has 1 aliphatic rings. The second kappa shape index (κ2) is 9.22. The quantitative estimate of drug-likeness (QED) is 0.387. The molecule has 4 N–H and O–H groups in total. The maximum atomic E-state index is 12.5. The lowest BCUT2D eigenvalue weighted by Gasteiger charge is -2.21. The fourth-order valence-corrected chi connectivity index (χ4v) is 4.49. The number of nitrogens with two attached hydrogens (primary N) is 1. The first-order chi connectivity index (χ1) is 15.4. The average Bonchev–Trinajstić information content (AvgIpc) is 3.39. The number of rotatable bonds is 6. The van der Waals surface area contributed by atoms with Gasteiger partial charge in [-0.15, -0.1) is 0 Å². The standard InChI is InChI=1S/C23H24F2N4O2S/c1-32(31)18-4-5-22(29-7-6-17(30)13-29)19(10-18)21-9-15-3-2-14(8-20(15)28-21)16(11-26)12-27-23(24)25/h2-5,8-12,17,23,28,30H,6-7,13,26H2,1H3/b16-11+,27-12+. The van der Waals surface area contributed by atoms with E-state index in [1.807, 2.05) is 36.4 Å². The lowest BCUT2D eigenvalue weighted by atomic mass is 10.1. The van der Waals surface area contributed by atoms with Crippen molar-refractivity contribution in [2.24, 2.45) is 10.7 Å². The predicted molar refractivity (Wildman–Crippen MR) is 126 cm³/mol. The number of fused-ring (bicyclic) bond motifs is 1. The van der Waals surface area contributed by atoms with Crippen LogP contribution in [0, 0.1) is 0 Å². The summed E-state index contributed by atoms with van der Waals surface area (Å²) in [6.07, 6.45) is 4.27. The summed E-state index contributed by atoms with van der Waals surface area (Å²) in [7, 11) is -1.14. The van der Waals surface area contributed by atoms with E-state index in [9.17, 15) is 18.1 Å². The van der Waals surface area contributed by atoms with Crippen molar-refractivity contribution in [3.8, 4) is 11.3 Å². The Balaban J connectivity index is 1.78. The molecule has 0 aliphatic carbocycles. The van der Waals surface area contributed by atoms with Crippen LogP contribution in [0.5, 0.6) is 0 Å². The van der Waals surface area contributed by atoms with Gasteiger partial charge in [-0.25, -0.2) is 4.99 Å². The van der Waals surface area contributed by atoms with Gasteiger partial charge in [0, 0.05) is 80.9 Å². The highest BCUT2D eigenvalue weighted by molar-refractivity contribution is 7.84. The summed E-state index contributed by atoms with van der Waals surface area (Å²) >= 11 is 0. The minimum Gasteiger partial charge on any atom is -0.404 e. The van der Waals surface area contributed by atoms with Crippen molar-refractivity contribution in [2.75, 3.05) is 24.2 Å². The molecule has 0 amide bonds. The number of aliphatic imine (C=N–C) groups is 1. The van der Waals surface area contributed by atoms with Gasteiger partial charge in [0.25, 0.3) is 0 Å². The number of nitrogens with zero attached hydrogens (tertiary/aromatic N) is 2. The molecule has 32 heavy (non-hydrogen) atoms. The monoisotopic (exact) mass is 458 g/mol. The molecule has 0 saturated carbocycles. The smallest absolute Gasteiger partial charge is 0.331 e. The Hall–Kier alpha value is -3.04. The summed E-state index contributed by atoms with van der Waals surface area (Å²) < 4.78 is 37.0. The van der Waals surface area contributed by atoms with Gasteiger partial charge in [-0.3, -0.25) is 4.21 Å². The highest BCUT2D eigenvalue weighted by atomic mass is 32.2. The molecule has 2 atom stereocenters. The van der Waals surface area contributed by atoms with Gasteiger partial charge in [0.1, 0.15) is 0 Å². The molecule has 2 aromatic carbocycles. The van der Waals surface area contributed by atoms with E-state index in [0.717, 1.165) is 40.6 Å². The Kier molecular flexibility index (Phi) is 6.38. The van der Waals surface area contributed by atoms with E-state index in [0.29, 0.717) is 29.0 Å². The maximum absolute atomic E-state index is 12.5. The molecule has 168 valence electrons. The van der Waals surface area contributed by atoms with E-state index in [2.05, 4.69) is 14.9 Å². The number of alkyl halides is 2. The van der Waals surface area contributed by atoms with Crippen LogP contribution < -0.4 is 10.6 Å². The maximum Gasteiger partial charge on any atom is 0.331 e. The zero-order valence-electron chi connectivity index (χ0n) is 17.5. The van der Waals surface area contributed by atoms with E-state index in [1.165, 1.54) is 6.20 Å². The molecule has 6 nitrogen and oxygen atoms in total. The minimum absolute atomic E-state index is 0.371. The summed E-state index contributed by atoms with van der Waals surface area (Å²) in [5.41, 5.74) is 10.1. The van der Waals surface area contributed by atoms with Gasteiger partial charge in [0.15, 0.2) is 0 Å². The van der Waals surface area contributed by atoms with Gasteiger partial charge >= 0.3 is 6.55 Å². The molecule has 1 saturated heterocycles. The number of anilines is 1. The summed E-state index contributed by atoms with van der Waals surface area (Å²) in [5.74, 6) is 0. The zero-order valence-corrected chi connectivity index (χ0v) is 18.3. The van der Waals surface area contributed by atoms with Gasteiger partial charge in [0.05, 0.1) is 6.10 Å². The second-order valence-electron chi connectivity index (χ2n) is 7.68. The van der Waals surface area contributed by atoms with Crippen LogP contribution in [-0.4, -0.2) is 52.5 Å². The molecule has 0 spiro atoms. The van der Waals surface area contributed by atoms with Gasteiger partial charge in [0.2, 0.25) is 0 Å².